The number of amides is 1. The third-order valence-electron chi connectivity index (χ3n) is 3.66. The molecule has 0 radical (unpaired) electrons. The Kier molecular flexibility index (Phi) is 5.98. The largest absolute Gasteiger partial charge is 0.325 e. The van der Waals surface area contributed by atoms with E-state index in [9.17, 15) is 13.2 Å². The van der Waals surface area contributed by atoms with Gasteiger partial charge in [-0.1, -0.05) is 29.3 Å². The van der Waals surface area contributed by atoms with Gasteiger partial charge in [-0.25, -0.2) is 8.42 Å². The van der Waals surface area contributed by atoms with E-state index in [1.54, 1.807) is 6.07 Å². The molecule has 0 bridgehead atoms. The predicted molar refractivity (Wildman–Crippen MR) is 103 cm³/mol. The van der Waals surface area contributed by atoms with Crippen LogP contribution in [0.2, 0.25) is 10.0 Å². The quantitative estimate of drug-likeness (QED) is 0.823. The fraction of sp³-hybridized carbons (Fsp3) is 0.235. The molecule has 134 valence electrons. The highest BCUT2D eigenvalue weighted by molar-refractivity contribution is 7.92. The van der Waals surface area contributed by atoms with Crippen LogP contribution in [0, 0.1) is 13.8 Å². The Morgan fingerprint density at radius 1 is 1.08 bits per heavy atom. The molecular formula is C17H18Cl2N2O3S. The van der Waals surface area contributed by atoms with Crippen LogP contribution in [0.5, 0.6) is 0 Å². The summed E-state index contributed by atoms with van der Waals surface area (Å²) in [6.45, 7) is 3.50. The summed E-state index contributed by atoms with van der Waals surface area (Å²) in [5.41, 5.74) is 2.93. The number of hydrogen-bond acceptors (Lipinski definition) is 3. The predicted octanol–water partition coefficient (Wildman–Crippen LogP) is 4.01. The first kappa shape index (κ1) is 19.6. The van der Waals surface area contributed by atoms with Gasteiger partial charge in [0.2, 0.25) is 15.9 Å². The van der Waals surface area contributed by atoms with Crippen molar-refractivity contribution in [2.24, 2.45) is 0 Å². The molecule has 2 rings (SSSR count). The van der Waals surface area contributed by atoms with Gasteiger partial charge in [0.1, 0.15) is 6.54 Å². The van der Waals surface area contributed by atoms with Gasteiger partial charge in [0.25, 0.3) is 0 Å². The minimum absolute atomic E-state index is 0.150. The number of anilines is 2. The van der Waals surface area contributed by atoms with Crippen molar-refractivity contribution in [2.75, 3.05) is 22.4 Å². The summed E-state index contributed by atoms with van der Waals surface area (Å²) in [5, 5.41) is 3.23. The molecule has 0 atom stereocenters. The molecule has 25 heavy (non-hydrogen) atoms. The number of nitrogens with zero attached hydrogens (tertiary/aromatic N) is 1. The molecule has 8 heteroatoms. The van der Waals surface area contributed by atoms with Crippen LogP contribution < -0.4 is 9.62 Å². The SMILES string of the molecule is Cc1ccc(NC(=O)CN(c2ccc(Cl)cc2Cl)S(C)(=O)=O)cc1C. The minimum atomic E-state index is -3.71. The molecule has 0 unspecified atom stereocenters. The van der Waals surface area contributed by atoms with Crippen molar-refractivity contribution >= 4 is 50.5 Å². The topological polar surface area (TPSA) is 66.5 Å². The van der Waals surface area contributed by atoms with E-state index in [2.05, 4.69) is 5.32 Å². The van der Waals surface area contributed by atoms with Crippen LogP contribution in [0.3, 0.4) is 0 Å². The highest BCUT2D eigenvalue weighted by atomic mass is 35.5. The van der Waals surface area contributed by atoms with Crippen molar-refractivity contribution < 1.29 is 13.2 Å². The Morgan fingerprint density at radius 2 is 1.76 bits per heavy atom. The molecule has 0 aliphatic rings. The summed E-state index contributed by atoms with van der Waals surface area (Å²) < 4.78 is 25.2. The van der Waals surface area contributed by atoms with Gasteiger partial charge in [-0.05, 0) is 55.3 Å². The highest BCUT2D eigenvalue weighted by Gasteiger charge is 2.23. The first-order valence-corrected chi connectivity index (χ1v) is 9.98. The van der Waals surface area contributed by atoms with Crippen LogP contribution in [0.1, 0.15) is 11.1 Å². The standard InChI is InChI=1S/C17H18Cl2N2O3S/c1-11-4-6-14(8-12(11)2)20-17(22)10-21(25(3,23)24)16-7-5-13(18)9-15(16)19/h4-9H,10H2,1-3H3,(H,20,22). The monoisotopic (exact) mass is 400 g/mol. The summed E-state index contributed by atoms with van der Waals surface area (Å²) in [7, 11) is -3.71. The van der Waals surface area contributed by atoms with Gasteiger partial charge in [-0.2, -0.15) is 0 Å². The fourth-order valence-electron chi connectivity index (χ4n) is 2.21. The van der Waals surface area contributed by atoms with E-state index in [-0.39, 0.29) is 10.7 Å². The van der Waals surface area contributed by atoms with Crippen LogP contribution in [-0.2, 0) is 14.8 Å². The van der Waals surface area contributed by atoms with Gasteiger partial charge >= 0.3 is 0 Å². The lowest BCUT2D eigenvalue weighted by Crippen LogP contribution is -2.37. The van der Waals surface area contributed by atoms with Crippen molar-refractivity contribution in [1.29, 1.82) is 0 Å². The average Bonchev–Trinajstić information content (AvgIpc) is 2.48. The molecule has 0 spiro atoms. The number of halogens is 2. The molecule has 0 heterocycles. The molecule has 0 aliphatic heterocycles. The maximum atomic E-state index is 12.3. The van der Waals surface area contributed by atoms with Crippen LogP contribution >= 0.6 is 23.2 Å². The van der Waals surface area contributed by atoms with E-state index in [0.29, 0.717) is 10.7 Å². The molecule has 0 saturated heterocycles. The van der Waals surface area contributed by atoms with E-state index in [4.69, 9.17) is 23.2 Å². The molecule has 0 aromatic heterocycles. The zero-order valence-electron chi connectivity index (χ0n) is 14.0. The van der Waals surface area contributed by atoms with Crippen LogP contribution in [0.25, 0.3) is 0 Å². The van der Waals surface area contributed by atoms with E-state index in [1.165, 1.54) is 18.2 Å². The lowest BCUT2D eigenvalue weighted by molar-refractivity contribution is -0.114. The van der Waals surface area contributed by atoms with Crippen LogP contribution in [-0.4, -0.2) is 27.1 Å². The van der Waals surface area contributed by atoms with Crippen molar-refractivity contribution in [3.63, 3.8) is 0 Å². The zero-order chi connectivity index (χ0) is 18.8. The molecule has 2 aromatic carbocycles. The molecule has 1 amide bonds. The Morgan fingerprint density at radius 3 is 2.32 bits per heavy atom. The Balaban J connectivity index is 2.25. The van der Waals surface area contributed by atoms with E-state index in [1.807, 2.05) is 26.0 Å². The number of sulfonamides is 1. The van der Waals surface area contributed by atoms with E-state index >= 15 is 0 Å². The van der Waals surface area contributed by atoms with Gasteiger partial charge in [-0.3, -0.25) is 9.10 Å². The van der Waals surface area contributed by atoms with Crippen LogP contribution in [0.4, 0.5) is 11.4 Å². The van der Waals surface area contributed by atoms with Gasteiger partial charge in [0, 0.05) is 10.7 Å². The number of benzene rings is 2. The van der Waals surface area contributed by atoms with E-state index in [0.717, 1.165) is 21.7 Å². The number of carbonyl (C=O) groups is 1. The second-order valence-corrected chi connectivity index (χ2v) is 8.46. The smallest absolute Gasteiger partial charge is 0.245 e. The van der Waals surface area contributed by atoms with Gasteiger partial charge in [0.05, 0.1) is 17.0 Å². The first-order valence-electron chi connectivity index (χ1n) is 7.38. The first-order chi connectivity index (χ1) is 11.6. The number of aryl methyl sites for hydroxylation is 2. The molecule has 2 aromatic rings. The van der Waals surface area contributed by atoms with Crippen molar-refractivity contribution in [3.8, 4) is 0 Å². The van der Waals surface area contributed by atoms with Gasteiger partial charge in [-0.15, -0.1) is 0 Å². The number of hydrogen-bond donors (Lipinski definition) is 1. The molecule has 5 nitrogen and oxygen atoms in total. The van der Waals surface area contributed by atoms with Gasteiger partial charge in [0.15, 0.2) is 0 Å². The number of nitrogens with one attached hydrogen (secondary N) is 1. The Labute approximate surface area is 157 Å². The summed E-state index contributed by atoms with van der Waals surface area (Å²) in [4.78, 5) is 12.3. The Bertz CT molecular complexity index is 914. The zero-order valence-corrected chi connectivity index (χ0v) is 16.3. The third kappa shape index (κ3) is 5.11. The second kappa shape index (κ2) is 7.64. The van der Waals surface area contributed by atoms with Gasteiger partial charge < -0.3 is 5.32 Å². The maximum Gasteiger partial charge on any atom is 0.245 e. The summed E-state index contributed by atoms with van der Waals surface area (Å²) >= 11 is 11.9. The molecule has 0 fully saturated rings. The van der Waals surface area contributed by atoms with E-state index < -0.39 is 22.5 Å². The second-order valence-electron chi connectivity index (χ2n) is 5.71. The lowest BCUT2D eigenvalue weighted by atomic mass is 10.1. The average molecular weight is 401 g/mol. The highest BCUT2D eigenvalue weighted by Crippen LogP contribution is 2.30. The molecular weight excluding hydrogens is 383 g/mol. The maximum absolute atomic E-state index is 12.3. The van der Waals surface area contributed by atoms with Crippen LogP contribution in [0.15, 0.2) is 36.4 Å². The lowest BCUT2D eigenvalue weighted by Gasteiger charge is -2.23. The fourth-order valence-corrected chi connectivity index (χ4v) is 3.64. The molecule has 1 N–H and O–H groups in total. The normalized spacial score (nSPS) is 11.2. The van der Waals surface area contributed by atoms with Crippen molar-refractivity contribution in [3.05, 3.63) is 57.6 Å². The molecule has 0 aliphatic carbocycles. The van der Waals surface area contributed by atoms with Crippen molar-refractivity contribution in [2.45, 2.75) is 13.8 Å². The Hall–Kier alpha value is -1.76. The third-order valence-corrected chi connectivity index (χ3v) is 5.32. The number of rotatable bonds is 5. The summed E-state index contributed by atoms with van der Waals surface area (Å²) in [5.74, 6) is -0.473. The summed E-state index contributed by atoms with van der Waals surface area (Å²) in [6, 6.07) is 9.89. The summed E-state index contributed by atoms with van der Waals surface area (Å²) in [6.07, 6.45) is 1.02. The number of carbonyl (C=O) groups excluding carboxylic acids is 1. The molecule has 0 saturated carbocycles. The minimum Gasteiger partial charge on any atom is -0.325 e. The van der Waals surface area contributed by atoms with Crippen molar-refractivity contribution in [1.82, 2.24) is 0 Å².